The first kappa shape index (κ1) is 12.2. The van der Waals surface area contributed by atoms with E-state index in [1.165, 1.54) is 5.56 Å². The average molecular weight is 271 g/mol. The third-order valence-electron chi connectivity index (χ3n) is 3.38. The number of rotatable bonds is 2. The summed E-state index contributed by atoms with van der Waals surface area (Å²) in [6.45, 7) is 2.09. The Kier molecular flexibility index (Phi) is 3.03. The summed E-state index contributed by atoms with van der Waals surface area (Å²) >= 11 is 5.90. The molecule has 2 aromatic carbocycles. The lowest BCUT2D eigenvalue weighted by atomic mass is 10.1. The van der Waals surface area contributed by atoms with Gasteiger partial charge in [0.15, 0.2) is 0 Å². The van der Waals surface area contributed by atoms with Crippen LogP contribution in [0.2, 0.25) is 0 Å². The molecule has 96 valence electrons. The highest BCUT2D eigenvalue weighted by Gasteiger charge is 2.10. The summed E-state index contributed by atoms with van der Waals surface area (Å²) in [5.74, 6) is 1.50. The normalized spacial score (nSPS) is 11.1. The van der Waals surface area contributed by atoms with E-state index in [1.54, 1.807) is 0 Å². The fraction of sp³-hybridized carbons (Fsp3) is 0.188. The molecule has 3 rings (SSSR count). The molecule has 0 radical (unpaired) electrons. The largest absolute Gasteiger partial charge is 0.327 e. The molecule has 0 aliphatic heterocycles. The van der Waals surface area contributed by atoms with Crippen molar-refractivity contribution in [2.75, 3.05) is 0 Å². The fourth-order valence-corrected chi connectivity index (χ4v) is 2.53. The number of nitrogens with zero attached hydrogens (tertiary/aromatic N) is 2. The Morgan fingerprint density at radius 3 is 2.79 bits per heavy atom. The predicted molar refractivity (Wildman–Crippen MR) is 80.4 cm³/mol. The molecule has 0 atom stereocenters. The van der Waals surface area contributed by atoms with Crippen molar-refractivity contribution in [1.29, 1.82) is 0 Å². The zero-order valence-electron chi connectivity index (χ0n) is 11.0. The van der Waals surface area contributed by atoms with Gasteiger partial charge in [0.2, 0.25) is 0 Å². The number of hydrogen-bond acceptors (Lipinski definition) is 1. The third-order valence-corrected chi connectivity index (χ3v) is 3.68. The molecule has 0 saturated carbocycles. The maximum absolute atomic E-state index is 5.90. The van der Waals surface area contributed by atoms with Crippen LogP contribution in [0.15, 0.2) is 42.5 Å². The zero-order valence-corrected chi connectivity index (χ0v) is 11.8. The Labute approximate surface area is 117 Å². The number of fused-ring (bicyclic) bond motifs is 1. The Hall–Kier alpha value is -1.80. The van der Waals surface area contributed by atoms with Gasteiger partial charge in [-0.3, -0.25) is 0 Å². The van der Waals surface area contributed by atoms with Gasteiger partial charge in [-0.25, -0.2) is 4.98 Å². The molecule has 0 bridgehead atoms. The SMILES string of the molecule is Cc1ccc2c(c1)nc(-c1cccc(CCl)c1)n2C. The van der Waals surface area contributed by atoms with E-state index in [1.807, 2.05) is 19.2 Å². The number of alkyl halides is 1. The van der Waals surface area contributed by atoms with E-state index in [4.69, 9.17) is 16.6 Å². The molecule has 1 heterocycles. The number of hydrogen-bond donors (Lipinski definition) is 0. The highest BCUT2D eigenvalue weighted by molar-refractivity contribution is 6.17. The molecule has 0 N–H and O–H groups in total. The van der Waals surface area contributed by atoms with Gasteiger partial charge in [-0.1, -0.05) is 24.3 Å². The number of aromatic nitrogens is 2. The standard InChI is InChI=1S/C16H15ClN2/c1-11-6-7-15-14(8-11)18-16(19(15)2)13-5-3-4-12(9-13)10-17/h3-9H,10H2,1-2H3. The average Bonchev–Trinajstić information content (AvgIpc) is 2.75. The van der Waals surface area contributed by atoms with Gasteiger partial charge in [0.25, 0.3) is 0 Å². The van der Waals surface area contributed by atoms with Crippen molar-refractivity contribution in [1.82, 2.24) is 9.55 Å². The van der Waals surface area contributed by atoms with E-state index in [0.717, 1.165) is 28.0 Å². The van der Waals surface area contributed by atoms with Crippen molar-refractivity contribution in [2.45, 2.75) is 12.8 Å². The summed E-state index contributed by atoms with van der Waals surface area (Å²) in [6.07, 6.45) is 0. The quantitative estimate of drug-likeness (QED) is 0.635. The first-order chi connectivity index (χ1) is 9.19. The highest BCUT2D eigenvalue weighted by Crippen LogP contribution is 2.25. The minimum atomic E-state index is 0.525. The number of benzene rings is 2. The van der Waals surface area contributed by atoms with E-state index in [0.29, 0.717) is 5.88 Å². The molecule has 0 saturated heterocycles. The topological polar surface area (TPSA) is 17.8 Å². The van der Waals surface area contributed by atoms with Crippen LogP contribution in [0.1, 0.15) is 11.1 Å². The van der Waals surface area contributed by atoms with Crippen molar-refractivity contribution in [3.05, 3.63) is 53.6 Å². The van der Waals surface area contributed by atoms with E-state index < -0.39 is 0 Å². The summed E-state index contributed by atoms with van der Waals surface area (Å²) in [7, 11) is 2.05. The van der Waals surface area contributed by atoms with Gasteiger partial charge >= 0.3 is 0 Å². The van der Waals surface area contributed by atoms with Gasteiger partial charge in [-0.05, 0) is 36.2 Å². The monoisotopic (exact) mass is 270 g/mol. The van der Waals surface area contributed by atoms with Gasteiger partial charge in [0, 0.05) is 18.5 Å². The summed E-state index contributed by atoms with van der Waals surface area (Å²) in [6, 6.07) is 14.6. The van der Waals surface area contributed by atoms with Crippen LogP contribution in [0.4, 0.5) is 0 Å². The molecular weight excluding hydrogens is 256 g/mol. The minimum absolute atomic E-state index is 0.525. The molecule has 0 aliphatic rings. The molecule has 0 aliphatic carbocycles. The second-order valence-electron chi connectivity index (χ2n) is 4.82. The van der Waals surface area contributed by atoms with Crippen LogP contribution in [0, 0.1) is 6.92 Å². The zero-order chi connectivity index (χ0) is 13.4. The summed E-state index contributed by atoms with van der Waals surface area (Å²) in [4.78, 5) is 4.74. The molecule has 0 amide bonds. The molecule has 2 nitrogen and oxygen atoms in total. The fourth-order valence-electron chi connectivity index (χ4n) is 2.36. The first-order valence-corrected chi connectivity index (χ1v) is 6.81. The van der Waals surface area contributed by atoms with Crippen LogP contribution in [-0.2, 0) is 12.9 Å². The Bertz CT molecular complexity index is 744. The van der Waals surface area contributed by atoms with Crippen molar-refractivity contribution >= 4 is 22.6 Å². The number of aryl methyl sites for hydroxylation is 2. The Morgan fingerprint density at radius 1 is 1.16 bits per heavy atom. The molecule has 0 unspecified atom stereocenters. The van der Waals surface area contributed by atoms with Gasteiger partial charge < -0.3 is 4.57 Å². The van der Waals surface area contributed by atoms with Crippen molar-refractivity contribution in [2.24, 2.45) is 7.05 Å². The Balaban J connectivity index is 2.21. The Morgan fingerprint density at radius 2 is 2.00 bits per heavy atom. The van der Waals surface area contributed by atoms with Crippen molar-refractivity contribution in [3.63, 3.8) is 0 Å². The molecule has 3 heteroatoms. The molecule has 1 aromatic heterocycles. The summed E-state index contributed by atoms with van der Waals surface area (Å²) in [5, 5.41) is 0. The molecule has 0 spiro atoms. The predicted octanol–water partition coefficient (Wildman–Crippen LogP) is 4.29. The smallest absolute Gasteiger partial charge is 0.140 e. The lowest BCUT2D eigenvalue weighted by Crippen LogP contribution is -1.93. The summed E-state index contributed by atoms with van der Waals surface area (Å²) in [5.41, 5.74) is 5.63. The van der Waals surface area contributed by atoms with Crippen LogP contribution in [0.25, 0.3) is 22.4 Å². The minimum Gasteiger partial charge on any atom is -0.327 e. The molecule has 19 heavy (non-hydrogen) atoms. The van der Waals surface area contributed by atoms with E-state index in [2.05, 4.69) is 41.8 Å². The number of imidazole rings is 1. The summed E-state index contributed by atoms with van der Waals surface area (Å²) < 4.78 is 2.13. The molecular formula is C16H15ClN2. The van der Waals surface area contributed by atoms with Crippen LogP contribution < -0.4 is 0 Å². The van der Waals surface area contributed by atoms with Gasteiger partial charge in [-0.15, -0.1) is 11.6 Å². The van der Waals surface area contributed by atoms with Gasteiger partial charge in [-0.2, -0.15) is 0 Å². The van der Waals surface area contributed by atoms with Crippen molar-refractivity contribution < 1.29 is 0 Å². The van der Waals surface area contributed by atoms with E-state index >= 15 is 0 Å². The van der Waals surface area contributed by atoms with Crippen molar-refractivity contribution in [3.8, 4) is 11.4 Å². The molecule has 3 aromatic rings. The second kappa shape index (κ2) is 4.71. The van der Waals surface area contributed by atoms with Gasteiger partial charge in [0.1, 0.15) is 5.82 Å². The number of halogens is 1. The second-order valence-corrected chi connectivity index (χ2v) is 5.09. The van der Waals surface area contributed by atoms with Crippen LogP contribution in [0.5, 0.6) is 0 Å². The maximum atomic E-state index is 5.90. The highest BCUT2D eigenvalue weighted by atomic mass is 35.5. The lowest BCUT2D eigenvalue weighted by Gasteiger charge is -2.04. The van der Waals surface area contributed by atoms with E-state index in [9.17, 15) is 0 Å². The van der Waals surface area contributed by atoms with Crippen LogP contribution >= 0.6 is 11.6 Å². The van der Waals surface area contributed by atoms with E-state index in [-0.39, 0.29) is 0 Å². The maximum Gasteiger partial charge on any atom is 0.140 e. The molecule has 0 fully saturated rings. The van der Waals surface area contributed by atoms with Gasteiger partial charge in [0.05, 0.1) is 11.0 Å². The first-order valence-electron chi connectivity index (χ1n) is 6.27. The lowest BCUT2D eigenvalue weighted by molar-refractivity contribution is 0.959. The third kappa shape index (κ3) is 2.13. The van der Waals surface area contributed by atoms with Crippen LogP contribution in [-0.4, -0.2) is 9.55 Å². The van der Waals surface area contributed by atoms with Crippen LogP contribution in [0.3, 0.4) is 0 Å².